The van der Waals surface area contributed by atoms with Gasteiger partial charge in [-0.2, -0.15) is 0 Å². The van der Waals surface area contributed by atoms with Gasteiger partial charge in [-0.05, 0) is 57.0 Å². The van der Waals surface area contributed by atoms with E-state index in [9.17, 15) is 24.0 Å². The zero-order chi connectivity index (χ0) is 28.9. The molecule has 5 rings (SSSR count). The molecule has 0 spiro atoms. The molecule has 0 saturated carbocycles. The third-order valence-corrected chi connectivity index (χ3v) is 7.95. The van der Waals surface area contributed by atoms with Crippen molar-refractivity contribution in [3.8, 4) is 0 Å². The lowest BCUT2D eigenvalue weighted by molar-refractivity contribution is -0.114. The Morgan fingerprint density at radius 2 is 1.55 bits per heavy atom. The van der Waals surface area contributed by atoms with Crippen LogP contribution in [-0.2, 0) is 24.9 Å². The maximum absolute atomic E-state index is 13.8. The zero-order valence-corrected chi connectivity index (χ0v) is 23.6. The summed E-state index contributed by atoms with van der Waals surface area (Å²) in [6, 6.07) is 7.81. The van der Waals surface area contributed by atoms with E-state index >= 15 is 0 Å². The minimum atomic E-state index is -0.416. The van der Waals surface area contributed by atoms with Crippen molar-refractivity contribution in [2.45, 2.75) is 52.7 Å². The summed E-state index contributed by atoms with van der Waals surface area (Å²) in [6.45, 7) is 6.58. The maximum atomic E-state index is 13.8. The molecule has 0 radical (unpaired) electrons. The molecule has 1 N–H and O–H groups in total. The van der Waals surface area contributed by atoms with Crippen molar-refractivity contribution in [2.24, 2.45) is 7.05 Å². The van der Waals surface area contributed by atoms with Crippen LogP contribution in [0.3, 0.4) is 0 Å². The summed E-state index contributed by atoms with van der Waals surface area (Å²) in [6.07, 6.45) is 0.799. The van der Waals surface area contributed by atoms with Crippen LogP contribution in [0.25, 0.3) is 21.9 Å². The van der Waals surface area contributed by atoms with Crippen LogP contribution in [0.4, 0.5) is 5.69 Å². The second kappa shape index (κ2) is 10.5. The van der Waals surface area contributed by atoms with Gasteiger partial charge in [0, 0.05) is 51.2 Å². The number of likely N-dealkylation sites (tertiary alicyclic amines) is 1. The topological polar surface area (TPSA) is 120 Å². The number of aryl methyl sites for hydroxylation is 3. The minimum absolute atomic E-state index is 0.178. The molecular formula is C28H31ClN6O5. The van der Waals surface area contributed by atoms with E-state index in [1.165, 1.54) is 16.1 Å². The van der Waals surface area contributed by atoms with E-state index in [2.05, 4.69) is 5.32 Å². The Morgan fingerprint density at radius 3 is 2.15 bits per heavy atom. The first-order chi connectivity index (χ1) is 19.1. The monoisotopic (exact) mass is 566 g/mol. The Kier molecular flexibility index (Phi) is 7.17. The van der Waals surface area contributed by atoms with Crippen LogP contribution < -0.4 is 22.3 Å². The number of benzene rings is 2. The van der Waals surface area contributed by atoms with Crippen molar-refractivity contribution >= 4 is 51.0 Å². The fourth-order valence-electron chi connectivity index (χ4n) is 5.72. The normalized spacial score (nSPS) is 14.3. The second-order valence-corrected chi connectivity index (χ2v) is 10.5. The van der Waals surface area contributed by atoms with E-state index < -0.39 is 11.2 Å². The van der Waals surface area contributed by atoms with Crippen molar-refractivity contribution < 1.29 is 9.59 Å². The van der Waals surface area contributed by atoms with Crippen LogP contribution in [-0.4, -0.2) is 48.1 Å². The van der Waals surface area contributed by atoms with E-state index in [0.717, 1.165) is 0 Å². The highest BCUT2D eigenvalue weighted by atomic mass is 35.5. The number of anilines is 1. The Bertz CT molecular complexity index is 1860. The van der Waals surface area contributed by atoms with Crippen LogP contribution in [0.15, 0.2) is 44.7 Å². The molecule has 3 heterocycles. The highest BCUT2D eigenvalue weighted by molar-refractivity contribution is 6.31. The molecule has 1 saturated heterocycles. The molecule has 0 atom stereocenters. The molecule has 0 aliphatic carbocycles. The number of rotatable bonds is 5. The highest BCUT2D eigenvalue weighted by Crippen LogP contribution is 2.28. The van der Waals surface area contributed by atoms with E-state index in [1.54, 1.807) is 51.4 Å². The van der Waals surface area contributed by atoms with Crippen LogP contribution in [0.5, 0.6) is 0 Å². The Hall–Kier alpha value is -4.12. The van der Waals surface area contributed by atoms with Crippen molar-refractivity contribution in [1.82, 2.24) is 23.2 Å². The molecule has 0 unspecified atom stereocenters. The first-order valence-corrected chi connectivity index (χ1v) is 13.7. The number of nitrogens with zero attached hydrogens (tertiary/aromatic N) is 5. The average molecular weight is 567 g/mol. The summed E-state index contributed by atoms with van der Waals surface area (Å²) >= 11 is 6.12. The van der Waals surface area contributed by atoms with Gasteiger partial charge >= 0.3 is 11.4 Å². The Labute approximate surface area is 234 Å². The van der Waals surface area contributed by atoms with Gasteiger partial charge in [-0.1, -0.05) is 11.6 Å². The van der Waals surface area contributed by atoms with Crippen molar-refractivity contribution in [3.05, 3.63) is 72.2 Å². The second-order valence-electron chi connectivity index (χ2n) is 10.0. The SMILES string of the molecule is CCn1c(=O)n(CC)c2cc(C(=O)N3CCC(n4c(=O)c5cc(Cl)ccc5n(C)c4=O)CC3)c(NC(C)=O)cc21. The fourth-order valence-corrected chi connectivity index (χ4v) is 5.89. The van der Waals surface area contributed by atoms with Crippen molar-refractivity contribution in [2.75, 3.05) is 18.4 Å². The van der Waals surface area contributed by atoms with E-state index in [0.29, 0.717) is 71.7 Å². The molecule has 1 aliphatic rings. The molecule has 2 aromatic carbocycles. The zero-order valence-electron chi connectivity index (χ0n) is 22.9. The van der Waals surface area contributed by atoms with Crippen LogP contribution >= 0.6 is 11.6 Å². The number of carbonyl (C=O) groups is 2. The number of imidazole rings is 1. The number of aromatic nitrogens is 4. The van der Waals surface area contributed by atoms with Crippen molar-refractivity contribution in [1.29, 1.82) is 0 Å². The number of hydrogen-bond donors (Lipinski definition) is 1. The van der Waals surface area contributed by atoms with Gasteiger partial charge in [-0.25, -0.2) is 9.59 Å². The van der Waals surface area contributed by atoms with Crippen LogP contribution in [0.1, 0.15) is 50.0 Å². The summed E-state index contributed by atoms with van der Waals surface area (Å²) in [5.41, 5.74) is 1.38. The van der Waals surface area contributed by atoms with Gasteiger partial charge in [-0.15, -0.1) is 0 Å². The van der Waals surface area contributed by atoms with Gasteiger partial charge in [0.15, 0.2) is 0 Å². The van der Waals surface area contributed by atoms with Gasteiger partial charge < -0.3 is 10.2 Å². The Balaban J connectivity index is 1.49. The molecule has 11 nitrogen and oxygen atoms in total. The lowest BCUT2D eigenvalue weighted by atomic mass is 10.0. The number of carbonyl (C=O) groups excluding carboxylic acids is 2. The molecular weight excluding hydrogens is 536 g/mol. The number of piperidine rings is 1. The number of hydrogen-bond acceptors (Lipinski definition) is 5. The van der Waals surface area contributed by atoms with E-state index in [4.69, 9.17) is 11.6 Å². The largest absolute Gasteiger partial charge is 0.338 e. The molecule has 210 valence electrons. The minimum Gasteiger partial charge on any atom is -0.338 e. The number of halogens is 1. The first-order valence-electron chi connectivity index (χ1n) is 13.3. The quantitative estimate of drug-likeness (QED) is 0.398. The molecule has 1 aliphatic heterocycles. The first kappa shape index (κ1) is 27.4. The van der Waals surface area contributed by atoms with Gasteiger partial charge in [-0.3, -0.25) is 32.7 Å². The molecule has 1 fully saturated rings. The van der Waals surface area contributed by atoms with Gasteiger partial charge in [0.2, 0.25) is 5.91 Å². The van der Waals surface area contributed by atoms with Crippen LogP contribution in [0, 0.1) is 0 Å². The van der Waals surface area contributed by atoms with Gasteiger partial charge in [0.1, 0.15) is 0 Å². The summed E-state index contributed by atoms with van der Waals surface area (Å²) in [5.74, 6) is -0.631. The molecule has 2 aromatic heterocycles. The summed E-state index contributed by atoms with van der Waals surface area (Å²) < 4.78 is 5.92. The van der Waals surface area contributed by atoms with E-state index in [-0.39, 0.29) is 29.1 Å². The molecule has 4 aromatic rings. The average Bonchev–Trinajstić information content (AvgIpc) is 3.20. The third kappa shape index (κ3) is 4.43. The highest BCUT2D eigenvalue weighted by Gasteiger charge is 2.29. The summed E-state index contributed by atoms with van der Waals surface area (Å²) in [5, 5.41) is 3.52. The van der Waals surface area contributed by atoms with Gasteiger partial charge in [0.05, 0.1) is 33.2 Å². The lowest BCUT2D eigenvalue weighted by Crippen LogP contribution is -2.46. The Morgan fingerprint density at radius 1 is 0.925 bits per heavy atom. The van der Waals surface area contributed by atoms with E-state index in [1.807, 2.05) is 13.8 Å². The van der Waals surface area contributed by atoms with Gasteiger partial charge in [0.25, 0.3) is 11.5 Å². The predicted octanol–water partition coefficient (Wildman–Crippen LogP) is 2.95. The lowest BCUT2D eigenvalue weighted by Gasteiger charge is -2.33. The standard InChI is InChI=1S/C28H31ClN6O5/c1-5-33-23-14-19(21(30-16(3)36)15-24(23)34(6-2)28(33)40)25(37)32-11-9-18(10-12-32)35-26(38)20-13-17(29)7-8-22(20)31(4)27(35)39/h7-8,13-15,18H,5-6,9-12H2,1-4H3,(H,30,36). The smallest absolute Gasteiger partial charge is 0.331 e. The van der Waals surface area contributed by atoms with Crippen LogP contribution in [0.2, 0.25) is 5.02 Å². The summed E-state index contributed by atoms with van der Waals surface area (Å²) in [7, 11) is 1.62. The third-order valence-electron chi connectivity index (χ3n) is 7.71. The predicted molar refractivity (Wildman–Crippen MR) is 154 cm³/mol. The molecule has 12 heteroatoms. The number of nitrogens with one attached hydrogen (secondary N) is 1. The molecule has 0 bridgehead atoms. The number of amides is 2. The fraction of sp³-hybridized carbons (Fsp3) is 0.393. The number of fused-ring (bicyclic) bond motifs is 2. The molecule has 2 amide bonds. The van der Waals surface area contributed by atoms with Crippen molar-refractivity contribution in [3.63, 3.8) is 0 Å². The summed E-state index contributed by atoms with van der Waals surface area (Å²) in [4.78, 5) is 66.8. The molecule has 40 heavy (non-hydrogen) atoms. The maximum Gasteiger partial charge on any atom is 0.331 e.